The Bertz CT molecular complexity index is 440. The average Bonchev–Trinajstić information content (AvgIpc) is 2.06. The maximum Gasteiger partial charge on any atom is 0.328 e. The fraction of sp³-hybridized carbons (Fsp3) is 0.600. The fourth-order valence-corrected chi connectivity index (χ4v) is 1.71. The summed E-state index contributed by atoms with van der Waals surface area (Å²) in [5, 5.41) is 0. The molecule has 1 aromatic heterocycles. The van der Waals surface area contributed by atoms with Crippen molar-refractivity contribution in [2.24, 2.45) is 5.92 Å². The predicted octanol–water partition coefficient (Wildman–Crippen LogP) is 0.645. The Morgan fingerprint density at radius 1 is 1.50 bits per heavy atom. The topological polar surface area (TPSA) is 54.9 Å². The fourth-order valence-electron chi connectivity index (χ4n) is 1.71. The zero-order chi connectivity index (χ0) is 10.1. The van der Waals surface area contributed by atoms with Gasteiger partial charge in [0, 0.05) is 18.3 Å². The Hall–Kier alpha value is -1.32. The van der Waals surface area contributed by atoms with Crippen LogP contribution in [0.15, 0.2) is 15.8 Å². The molecule has 0 saturated heterocycles. The Labute approximate surface area is 81.6 Å². The molecule has 0 atom stereocenters. The monoisotopic (exact) mass is 194 g/mol. The first-order valence-electron chi connectivity index (χ1n) is 4.97. The van der Waals surface area contributed by atoms with Crippen molar-refractivity contribution >= 4 is 0 Å². The molecule has 0 amide bonds. The molecule has 0 radical (unpaired) electrons. The van der Waals surface area contributed by atoms with Crippen LogP contribution in [0.2, 0.25) is 0 Å². The lowest BCUT2D eigenvalue weighted by Crippen LogP contribution is -2.33. The standard InChI is InChI=1S/C10H14N2O2/c1-7-5-12(6-8-3-2-4-8)10(14)11-9(7)13/h5,8H,2-4,6H2,1H3,(H,11,13,14). The van der Waals surface area contributed by atoms with Gasteiger partial charge < -0.3 is 4.57 Å². The van der Waals surface area contributed by atoms with Crippen LogP contribution < -0.4 is 11.2 Å². The highest BCUT2D eigenvalue weighted by Gasteiger charge is 2.18. The number of hydrogen-bond donors (Lipinski definition) is 1. The van der Waals surface area contributed by atoms with E-state index in [0.717, 1.165) is 6.54 Å². The zero-order valence-corrected chi connectivity index (χ0v) is 8.25. The third kappa shape index (κ3) is 1.64. The van der Waals surface area contributed by atoms with Gasteiger partial charge in [0.05, 0.1) is 0 Å². The van der Waals surface area contributed by atoms with Gasteiger partial charge in [-0.1, -0.05) is 6.42 Å². The molecule has 4 nitrogen and oxygen atoms in total. The summed E-state index contributed by atoms with van der Waals surface area (Å²) in [5.74, 6) is 0.623. The minimum Gasteiger partial charge on any atom is -0.300 e. The van der Waals surface area contributed by atoms with E-state index in [0.29, 0.717) is 11.5 Å². The number of rotatable bonds is 2. The first-order chi connectivity index (χ1) is 6.66. The van der Waals surface area contributed by atoms with Gasteiger partial charge in [-0.05, 0) is 25.7 Å². The molecule has 0 aliphatic heterocycles. The van der Waals surface area contributed by atoms with Crippen molar-refractivity contribution < 1.29 is 0 Å². The van der Waals surface area contributed by atoms with Gasteiger partial charge in [-0.15, -0.1) is 0 Å². The van der Waals surface area contributed by atoms with Crippen molar-refractivity contribution in [3.8, 4) is 0 Å². The molecule has 0 bridgehead atoms. The number of aromatic amines is 1. The lowest BCUT2D eigenvalue weighted by atomic mass is 9.85. The van der Waals surface area contributed by atoms with E-state index in [1.165, 1.54) is 19.3 Å². The van der Waals surface area contributed by atoms with Gasteiger partial charge in [-0.25, -0.2) is 4.79 Å². The van der Waals surface area contributed by atoms with E-state index in [-0.39, 0.29) is 11.2 Å². The summed E-state index contributed by atoms with van der Waals surface area (Å²) in [5.41, 5.74) is 0.0382. The summed E-state index contributed by atoms with van der Waals surface area (Å²) in [6, 6.07) is 0. The molecule has 4 heteroatoms. The molecule has 0 unspecified atom stereocenters. The average molecular weight is 194 g/mol. The minimum atomic E-state index is -0.285. The van der Waals surface area contributed by atoms with Crippen LogP contribution in [0.4, 0.5) is 0 Å². The summed E-state index contributed by atoms with van der Waals surface area (Å²) in [6.07, 6.45) is 5.32. The van der Waals surface area contributed by atoms with E-state index in [1.54, 1.807) is 17.7 Å². The van der Waals surface area contributed by atoms with Crippen molar-refractivity contribution in [3.63, 3.8) is 0 Å². The van der Waals surface area contributed by atoms with E-state index in [1.807, 2.05) is 0 Å². The van der Waals surface area contributed by atoms with Crippen LogP contribution in [0.3, 0.4) is 0 Å². The maximum absolute atomic E-state index is 11.4. The van der Waals surface area contributed by atoms with Gasteiger partial charge in [0.25, 0.3) is 5.56 Å². The van der Waals surface area contributed by atoms with E-state index in [9.17, 15) is 9.59 Å². The Morgan fingerprint density at radius 3 is 2.79 bits per heavy atom. The van der Waals surface area contributed by atoms with Crippen LogP contribution in [0.1, 0.15) is 24.8 Å². The van der Waals surface area contributed by atoms with Crippen LogP contribution in [-0.4, -0.2) is 9.55 Å². The third-order valence-electron chi connectivity index (χ3n) is 2.87. The Balaban J connectivity index is 2.28. The SMILES string of the molecule is Cc1cn(CC2CCC2)c(=O)[nH]c1=O. The smallest absolute Gasteiger partial charge is 0.300 e. The van der Waals surface area contributed by atoms with E-state index in [2.05, 4.69) is 4.98 Å². The normalized spacial score (nSPS) is 16.6. The summed E-state index contributed by atoms with van der Waals surface area (Å²) in [6.45, 7) is 2.46. The second-order valence-corrected chi connectivity index (χ2v) is 4.02. The second-order valence-electron chi connectivity index (χ2n) is 4.02. The van der Waals surface area contributed by atoms with Crippen molar-refractivity contribution in [2.75, 3.05) is 0 Å². The van der Waals surface area contributed by atoms with Crippen LogP contribution in [0.5, 0.6) is 0 Å². The lowest BCUT2D eigenvalue weighted by Gasteiger charge is -2.25. The molecule has 1 fully saturated rings. The molecule has 1 aliphatic rings. The summed E-state index contributed by atoms with van der Waals surface area (Å²) in [7, 11) is 0. The van der Waals surface area contributed by atoms with E-state index >= 15 is 0 Å². The molecular weight excluding hydrogens is 180 g/mol. The molecule has 1 aliphatic carbocycles. The molecular formula is C10H14N2O2. The number of hydrogen-bond acceptors (Lipinski definition) is 2. The largest absolute Gasteiger partial charge is 0.328 e. The van der Waals surface area contributed by atoms with Gasteiger partial charge in [-0.3, -0.25) is 9.78 Å². The summed E-state index contributed by atoms with van der Waals surface area (Å²) >= 11 is 0. The predicted molar refractivity (Wildman–Crippen MR) is 53.4 cm³/mol. The van der Waals surface area contributed by atoms with Crippen molar-refractivity contribution in [1.82, 2.24) is 9.55 Å². The first-order valence-corrected chi connectivity index (χ1v) is 4.97. The number of H-pyrrole nitrogens is 1. The highest BCUT2D eigenvalue weighted by atomic mass is 16.2. The van der Waals surface area contributed by atoms with Crippen molar-refractivity contribution in [1.29, 1.82) is 0 Å². The first kappa shape index (κ1) is 9.24. The van der Waals surface area contributed by atoms with Gasteiger partial charge in [-0.2, -0.15) is 0 Å². The summed E-state index contributed by atoms with van der Waals surface area (Å²) < 4.78 is 1.61. The van der Waals surface area contributed by atoms with Crippen molar-refractivity contribution in [2.45, 2.75) is 32.7 Å². The van der Waals surface area contributed by atoms with Crippen LogP contribution in [-0.2, 0) is 6.54 Å². The van der Waals surface area contributed by atoms with Crippen LogP contribution in [0, 0.1) is 12.8 Å². The molecule has 0 aromatic carbocycles. The number of nitrogens with zero attached hydrogens (tertiary/aromatic N) is 1. The molecule has 0 spiro atoms. The molecule has 2 rings (SSSR count). The molecule has 1 heterocycles. The highest BCUT2D eigenvalue weighted by Crippen LogP contribution is 2.27. The number of aryl methyl sites for hydroxylation is 1. The van der Waals surface area contributed by atoms with Gasteiger partial charge >= 0.3 is 5.69 Å². The molecule has 1 N–H and O–H groups in total. The molecule has 1 aromatic rings. The Kier molecular flexibility index (Phi) is 2.27. The minimum absolute atomic E-state index is 0.278. The van der Waals surface area contributed by atoms with Gasteiger partial charge in [0.15, 0.2) is 0 Å². The quantitative estimate of drug-likeness (QED) is 0.751. The number of nitrogens with one attached hydrogen (secondary N) is 1. The molecule has 14 heavy (non-hydrogen) atoms. The zero-order valence-electron chi connectivity index (χ0n) is 8.25. The second kappa shape index (κ2) is 3.44. The maximum atomic E-state index is 11.4. The van der Waals surface area contributed by atoms with Crippen LogP contribution in [0.25, 0.3) is 0 Å². The molecule has 76 valence electrons. The van der Waals surface area contributed by atoms with Gasteiger partial charge in [0.2, 0.25) is 0 Å². The highest BCUT2D eigenvalue weighted by molar-refractivity contribution is 5.00. The summed E-state index contributed by atoms with van der Waals surface area (Å²) in [4.78, 5) is 24.8. The van der Waals surface area contributed by atoms with Crippen molar-refractivity contribution in [3.05, 3.63) is 32.6 Å². The van der Waals surface area contributed by atoms with Crippen LogP contribution >= 0.6 is 0 Å². The Morgan fingerprint density at radius 2 is 2.21 bits per heavy atom. The van der Waals surface area contributed by atoms with E-state index in [4.69, 9.17) is 0 Å². The number of aromatic nitrogens is 2. The molecule has 1 saturated carbocycles. The van der Waals surface area contributed by atoms with Gasteiger partial charge in [0.1, 0.15) is 0 Å². The van der Waals surface area contributed by atoms with E-state index < -0.39 is 0 Å². The lowest BCUT2D eigenvalue weighted by molar-refractivity contribution is 0.272. The third-order valence-corrected chi connectivity index (χ3v) is 2.87.